The zero-order chi connectivity index (χ0) is 34.9. The van der Waals surface area contributed by atoms with Gasteiger partial charge in [0, 0.05) is 53.2 Å². The van der Waals surface area contributed by atoms with Crippen LogP contribution in [0.15, 0.2) is 170 Å². The third-order valence-corrected chi connectivity index (χ3v) is 11.5. The van der Waals surface area contributed by atoms with Gasteiger partial charge in [0.05, 0.1) is 22.4 Å². The van der Waals surface area contributed by atoms with Gasteiger partial charge >= 0.3 is 0 Å². The molecular weight excluding hydrogens is 665 g/mol. The molecule has 11 aromatic rings. The third-order valence-electron chi connectivity index (χ3n) is 10.3. The lowest BCUT2D eigenvalue weighted by Crippen LogP contribution is -1.95. The van der Waals surface area contributed by atoms with Crippen molar-refractivity contribution < 1.29 is 0 Å². The van der Waals surface area contributed by atoms with Crippen LogP contribution in [-0.4, -0.2) is 19.9 Å². The van der Waals surface area contributed by atoms with Crippen molar-refractivity contribution in [2.75, 3.05) is 0 Å². The maximum atomic E-state index is 5.30. The maximum Gasteiger partial charge on any atom is 0.161 e. The molecule has 11 rings (SSSR count). The zero-order valence-corrected chi connectivity index (χ0v) is 29.2. The minimum Gasteiger partial charge on any atom is -0.228 e. The molecule has 0 fully saturated rings. The second-order valence-corrected chi connectivity index (χ2v) is 14.5. The molecule has 4 nitrogen and oxygen atoms in total. The number of hydrogen-bond acceptors (Lipinski definition) is 5. The van der Waals surface area contributed by atoms with Gasteiger partial charge in [-0.3, -0.25) is 0 Å². The molecule has 0 atom stereocenters. The highest BCUT2D eigenvalue weighted by Crippen LogP contribution is 2.42. The Hall–Kier alpha value is -6.82. The number of rotatable bonds is 4. The molecule has 8 aromatic carbocycles. The lowest BCUT2D eigenvalue weighted by Gasteiger charge is -2.11. The van der Waals surface area contributed by atoms with Crippen LogP contribution >= 0.6 is 11.3 Å². The highest BCUT2D eigenvalue weighted by molar-refractivity contribution is 7.26. The molecule has 246 valence electrons. The summed E-state index contributed by atoms with van der Waals surface area (Å²) in [6.07, 6.45) is 0. The van der Waals surface area contributed by atoms with Crippen molar-refractivity contribution in [1.82, 2.24) is 19.9 Å². The number of para-hydroxylation sites is 2. The van der Waals surface area contributed by atoms with E-state index in [2.05, 4.69) is 158 Å². The van der Waals surface area contributed by atoms with Crippen LogP contribution in [0, 0.1) is 0 Å². The average molecular weight is 693 g/mol. The fraction of sp³-hybridized carbons (Fsp3) is 0. The molecule has 0 aliphatic carbocycles. The summed E-state index contributed by atoms with van der Waals surface area (Å²) in [5.74, 6) is 1.44. The third kappa shape index (κ3) is 4.97. The van der Waals surface area contributed by atoms with E-state index in [4.69, 9.17) is 19.9 Å². The molecule has 0 radical (unpaired) electrons. The molecule has 0 spiro atoms. The predicted molar refractivity (Wildman–Crippen MR) is 222 cm³/mol. The van der Waals surface area contributed by atoms with Crippen LogP contribution < -0.4 is 0 Å². The summed E-state index contributed by atoms with van der Waals surface area (Å²) in [5, 5.41) is 9.27. The number of benzene rings is 8. The van der Waals surface area contributed by atoms with Gasteiger partial charge in [-0.15, -0.1) is 11.3 Å². The quantitative estimate of drug-likeness (QED) is 0.184. The van der Waals surface area contributed by atoms with E-state index in [9.17, 15) is 0 Å². The number of fused-ring (bicyclic) bond motifs is 7. The van der Waals surface area contributed by atoms with Crippen LogP contribution in [0.5, 0.6) is 0 Å². The highest BCUT2D eigenvalue weighted by Gasteiger charge is 2.18. The first-order valence-electron chi connectivity index (χ1n) is 17.7. The van der Waals surface area contributed by atoms with Crippen LogP contribution in [-0.2, 0) is 0 Å². The molecule has 3 heterocycles. The SMILES string of the molecule is c1ccc2cc(-c3nc(-c4ccc5c(c4)sc4c(-c6nc(-c7ccc8ccccc8c7)c7ccccc7n6)cccc45)nc4ccccc34)ccc2c1. The van der Waals surface area contributed by atoms with E-state index in [-0.39, 0.29) is 0 Å². The molecular formula is C48H28N4S. The minimum atomic E-state index is 0.712. The summed E-state index contributed by atoms with van der Waals surface area (Å²) in [6, 6.07) is 59.7. The molecule has 0 bridgehead atoms. The van der Waals surface area contributed by atoms with Crippen molar-refractivity contribution in [3.63, 3.8) is 0 Å². The Morgan fingerprint density at radius 3 is 1.53 bits per heavy atom. The van der Waals surface area contributed by atoms with Crippen molar-refractivity contribution in [1.29, 1.82) is 0 Å². The molecule has 0 amide bonds. The maximum absolute atomic E-state index is 5.30. The van der Waals surface area contributed by atoms with Crippen molar-refractivity contribution in [3.05, 3.63) is 170 Å². The molecule has 0 aliphatic heterocycles. The van der Waals surface area contributed by atoms with Gasteiger partial charge in [-0.05, 0) is 57.9 Å². The molecule has 5 heteroatoms. The Kier molecular flexibility index (Phi) is 6.69. The molecule has 0 aliphatic rings. The number of nitrogens with zero attached hydrogens (tertiary/aromatic N) is 4. The largest absolute Gasteiger partial charge is 0.228 e. The summed E-state index contributed by atoms with van der Waals surface area (Å²) < 4.78 is 2.33. The number of thiophene rings is 1. The second-order valence-electron chi connectivity index (χ2n) is 13.4. The number of hydrogen-bond donors (Lipinski definition) is 0. The van der Waals surface area contributed by atoms with Crippen molar-refractivity contribution in [2.24, 2.45) is 0 Å². The molecule has 3 aromatic heterocycles. The summed E-state index contributed by atoms with van der Waals surface area (Å²) in [6.45, 7) is 0. The summed E-state index contributed by atoms with van der Waals surface area (Å²) >= 11 is 1.77. The van der Waals surface area contributed by atoms with Gasteiger partial charge in [-0.1, -0.05) is 133 Å². The van der Waals surface area contributed by atoms with Crippen LogP contribution in [0.1, 0.15) is 0 Å². The molecule has 0 unspecified atom stereocenters. The van der Waals surface area contributed by atoms with Crippen molar-refractivity contribution >= 4 is 74.9 Å². The van der Waals surface area contributed by atoms with Gasteiger partial charge in [0.1, 0.15) is 0 Å². The van der Waals surface area contributed by atoms with Crippen molar-refractivity contribution in [2.45, 2.75) is 0 Å². The average Bonchev–Trinajstić information content (AvgIpc) is 3.61. The van der Waals surface area contributed by atoms with E-state index in [1.54, 1.807) is 11.3 Å². The minimum absolute atomic E-state index is 0.712. The Bertz CT molecular complexity index is 3250. The van der Waals surface area contributed by atoms with E-state index in [0.29, 0.717) is 5.82 Å². The smallest absolute Gasteiger partial charge is 0.161 e. The zero-order valence-electron chi connectivity index (χ0n) is 28.4. The van der Waals surface area contributed by atoms with E-state index >= 15 is 0 Å². The topological polar surface area (TPSA) is 51.6 Å². The molecule has 53 heavy (non-hydrogen) atoms. The van der Waals surface area contributed by atoms with E-state index in [1.807, 2.05) is 12.1 Å². The van der Waals surface area contributed by atoms with Gasteiger partial charge in [-0.25, -0.2) is 19.9 Å². The van der Waals surface area contributed by atoms with Crippen LogP contribution in [0.2, 0.25) is 0 Å². The Labute approximate surface area is 308 Å². The second kappa shape index (κ2) is 11.9. The van der Waals surface area contributed by atoms with Crippen LogP contribution in [0.4, 0.5) is 0 Å². The van der Waals surface area contributed by atoms with E-state index in [1.165, 1.54) is 37.0 Å². The standard InChI is InChI=1S/C48H28N4S/c1-3-12-31-26-33(22-20-29(31)10-1)44-38-14-5-7-18-41(38)49-47(51-44)35-24-25-36-37-16-9-17-40(46(37)53-43(36)28-35)48-50-42-19-8-6-15-39(42)45(52-48)34-23-21-30-11-2-4-13-32(30)27-34/h1-28H. The van der Waals surface area contributed by atoms with E-state index in [0.717, 1.165) is 66.0 Å². The highest BCUT2D eigenvalue weighted by atomic mass is 32.1. The fourth-order valence-electron chi connectivity index (χ4n) is 7.63. The summed E-state index contributed by atoms with van der Waals surface area (Å²) in [7, 11) is 0. The first-order chi connectivity index (χ1) is 26.2. The van der Waals surface area contributed by atoms with E-state index < -0.39 is 0 Å². The summed E-state index contributed by atoms with van der Waals surface area (Å²) in [4.78, 5) is 20.8. The number of aromatic nitrogens is 4. The molecule has 0 N–H and O–H groups in total. The van der Waals surface area contributed by atoms with Gasteiger partial charge in [0.2, 0.25) is 0 Å². The lowest BCUT2D eigenvalue weighted by molar-refractivity contribution is 1.23. The van der Waals surface area contributed by atoms with Crippen LogP contribution in [0.3, 0.4) is 0 Å². The van der Waals surface area contributed by atoms with Gasteiger partial charge in [-0.2, -0.15) is 0 Å². The molecule has 0 saturated carbocycles. The fourth-order valence-corrected chi connectivity index (χ4v) is 8.88. The normalized spacial score (nSPS) is 11.8. The lowest BCUT2D eigenvalue weighted by atomic mass is 10.0. The molecule has 0 saturated heterocycles. The van der Waals surface area contributed by atoms with Crippen molar-refractivity contribution in [3.8, 4) is 45.3 Å². The first kappa shape index (κ1) is 29.9. The van der Waals surface area contributed by atoms with Gasteiger partial charge < -0.3 is 0 Å². The monoisotopic (exact) mass is 692 g/mol. The summed E-state index contributed by atoms with van der Waals surface area (Å²) in [5.41, 5.74) is 7.90. The Morgan fingerprint density at radius 1 is 0.340 bits per heavy atom. The van der Waals surface area contributed by atoms with Crippen LogP contribution in [0.25, 0.3) is 109 Å². The first-order valence-corrected chi connectivity index (χ1v) is 18.5. The predicted octanol–water partition coefficient (Wildman–Crippen LogP) is 12.9. The Morgan fingerprint density at radius 2 is 0.868 bits per heavy atom. The van der Waals surface area contributed by atoms with Gasteiger partial charge in [0.15, 0.2) is 11.6 Å². The van der Waals surface area contributed by atoms with Gasteiger partial charge in [0.25, 0.3) is 0 Å². The Balaban J connectivity index is 1.06.